The number of nitrogens with one attached hydrogen (secondary N) is 1. The Morgan fingerprint density at radius 1 is 1.15 bits per heavy atom. The number of hydrogen-bond donors (Lipinski definition) is 1. The molecule has 0 aromatic heterocycles. The third-order valence-electron chi connectivity index (χ3n) is 3.16. The zero-order valence-electron chi connectivity index (χ0n) is 13.8. The van der Waals surface area contributed by atoms with Crippen molar-refractivity contribution < 1.29 is 18.7 Å². The van der Waals surface area contributed by atoms with Gasteiger partial charge in [-0.2, -0.15) is 0 Å². The Hall–Kier alpha value is -2.31. The first kappa shape index (κ1) is 20.0. The van der Waals surface area contributed by atoms with Crippen LogP contribution in [-0.4, -0.2) is 30.8 Å². The second-order valence-corrected chi connectivity index (χ2v) is 6.72. The van der Waals surface area contributed by atoms with Crippen LogP contribution in [-0.2, 0) is 14.3 Å². The van der Waals surface area contributed by atoms with Gasteiger partial charge in [0.15, 0.2) is 6.61 Å². The molecule has 0 unspecified atom stereocenters. The van der Waals surface area contributed by atoms with Gasteiger partial charge in [0.05, 0.1) is 0 Å². The molecule has 1 amide bonds. The number of ether oxygens (including phenoxy) is 1. The third-order valence-corrected chi connectivity index (χ3v) is 4.42. The second kappa shape index (κ2) is 10.6. The molecule has 136 valence electrons. The highest BCUT2D eigenvalue weighted by atomic mass is 35.5. The first-order chi connectivity index (χ1) is 12.5. The lowest BCUT2D eigenvalue weighted by atomic mass is 10.2. The minimum absolute atomic E-state index is 0.271. The van der Waals surface area contributed by atoms with Gasteiger partial charge in [-0.1, -0.05) is 29.8 Å². The third kappa shape index (κ3) is 7.29. The van der Waals surface area contributed by atoms with Gasteiger partial charge < -0.3 is 10.1 Å². The summed E-state index contributed by atoms with van der Waals surface area (Å²) in [7, 11) is 0. The van der Waals surface area contributed by atoms with Gasteiger partial charge >= 0.3 is 5.97 Å². The smallest absolute Gasteiger partial charge is 0.331 e. The SMILES string of the molecule is O=C(COC(=O)/C=C/c1ccccc1F)NCCSc1ccc(Cl)cc1. The average Bonchev–Trinajstić information content (AvgIpc) is 2.64. The molecule has 0 heterocycles. The van der Waals surface area contributed by atoms with Crippen LogP contribution in [0.1, 0.15) is 5.56 Å². The van der Waals surface area contributed by atoms with E-state index in [1.165, 1.54) is 18.2 Å². The van der Waals surface area contributed by atoms with Crippen LogP contribution in [0.2, 0.25) is 5.02 Å². The van der Waals surface area contributed by atoms with Crippen molar-refractivity contribution in [3.8, 4) is 0 Å². The molecule has 0 fully saturated rings. The standard InChI is InChI=1S/C19H17ClFNO3S/c20-15-6-8-16(9-7-15)26-12-11-22-18(23)13-25-19(24)10-5-14-3-1-2-4-17(14)21/h1-10H,11-13H2,(H,22,23)/b10-5+. The predicted octanol–water partition coefficient (Wildman–Crippen LogP) is 3.94. The zero-order chi connectivity index (χ0) is 18.8. The van der Waals surface area contributed by atoms with Gasteiger partial charge in [-0.3, -0.25) is 4.79 Å². The Labute approximate surface area is 160 Å². The number of benzene rings is 2. The molecule has 0 aliphatic heterocycles. The van der Waals surface area contributed by atoms with Crippen molar-refractivity contribution in [3.05, 3.63) is 71.0 Å². The van der Waals surface area contributed by atoms with Gasteiger partial charge in [0.1, 0.15) is 5.82 Å². The molecule has 2 aromatic rings. The van der Waals surface area contributed by atoms with Crippen LogP contribution in [0.15, 0.2) is 59.5 Å². The minimum atomic E-state index is -0.709. The van der Waals surface area contributed by atoms with Gasteiger partial charge in [-0.15, -0.1) is 11.8 Å². The van der Waals surface area contributed by atoms with Crippen molar-refractivity contribution in [1.29, 1.82) is 0 Å². The fourth-order valence-electron chi connectivity index (χ4n) is 1.89. The molecular formula is C19H17ClFNO3S. The summed E-state index contributed by atoms with van der Waals surface area (Å²) in [6.07, 6.45) is 2.39. The van der Waals surface area contributed by atoms with E-state index in [2.05, 4.69) is 5.32 Å². The van der Waals surface area contributed by atoms with Crippen LogP contribution in [0.25, 0.3) is 6.08 Å². The van der Waals surface area contributed by atoms with Crippen molar-refractivity contribution in [2.45, 2.75) is 4.90 Å². The Kier molecular flexibility index (Phi) is 8.18. The summed E-state index contributed by atoms with van der Waals surface area (Å²) in [5.41, 5.74) is 0.271. The van der Waals surface area contributed by atoms with Crippen molar-refractivity contribution in [2.75, 3.05) is 18.9 Å². The van der Waals surface area contributed by atoms with E-state index < -0.39 is 17.7 Å². The number of hydrogen-bond acceptors (Lipinski definition) is 4. The lowest BCUT2D eigenvalue weighted by Gasteiger charge is -2.05. The van der Waals surface area contributed by atoms with E-state index in [-0.39, 0.29) is 12.2 Å². The molecule has 7 heteroatoms. The number of rotatable bonds is 8. The van der Waals surface area contributed by atoms with Crippen LogP contribution >= 0.6 is 23.4 Å². The molecule has 26 heavy (non-hydrogen) atoms. The quantitative estimate of drug-likeness (QED) is 0.319. The lowest BCUT2D eigenvalue weighted by Crippen LogP contribution is -2.30. The molecule has 2 aromatic carbocycles. The number of carbonyl (C=O) groups excluding carboxylic acids is 2. The highest BCUT2D eigenvalue weighted by Gasteiger charge is 2.05. The minimum Gasteiger partial charge on any atom is -0.452 e. The summed E-state index contributed by atoms with van der Waals surface area (Å²) < 4.78 is 18.2. The maximum Gasteiger partial charge on any atom is 0.331 e. The maximum atomic E-state index is 13.4. The molecule has 0 spiro atoms. The summed E-state index contributed by atoms with van der Waals surface area (Å²) in [4.78, 5) is 24.2. The number of halogens is 2. The van der Waals surface area contributed by atoms with Crippen LogP contribution in [0.4, 0.5) is 4.39 Å². The summed E-state index contributed by atoms with van der Waals surface area (Å²) in [5.74, 6) is -0.866. The van der Waals surface area contributed by atoms with E-state index in [9.17, 15) is 14.0 Å². The van der Waals surface area contributed by atoms with E-state index in [1.807, 2.05) is 12.1 Å². The topological polar surface area (TPSA) is 55.4 Å². The van der Waals surface area contributed by atoms with Crippen molar-refractivity contribution >= 4 is 41.3 Å². The normalized spacial score (nSPS) is 10.7. The second-order valence-electron chi connectivity index (χ2n) is 5.11. The molecule has 0 aliphatic rings. The van der Waals surface area contributed by atoms with E-state index in [0.717, 1.165) is 11.0 Å². The number of thioether (sulfide) groups is 1. The molecule has 0 radical (unpaired) electrons. The highest BCUT2D eigenvalue weighted by Crippen LogP contribution is 2.19. The molecule has 0 bridgehead atoms. The predicted molar refractivity (Wildman–Crippen MR) is 102 cm³/mol. The summed E-state index contributed by atoms with van der Waals surface area (Å²) in [6, 6.07) is 13.4. The van der Waals surface area contributed by atoms with Gasteiger partial charge in [0.25, 0.3) is 5.91 Å². The highest BCUT2D eigenvalue weighted by molar-refractivity contribution is 7.99. The van der Waals surface area contributed by atoms with Crippen LogP contribution in [0.5, 0.6) is 0 Å². The fraction of sp³-hybridized carbons (Fsp3) is 0.158. The van der Waals surface area contributed by atoms with E-state index in [1.54, 1.807) is 36.0 Å². The van der Waals surface area contributed by atoms with E-state index in [0.29, 0.717) is 17.3 Å². The van der Waals surface area contributed by atoms with Crippen molar-refractivity contribution in [1.82, 2.24) is 5.32 Å². The maximum absolute atomic E-state index is 13.4. The monoisotopic (exact) mass is 393 g/mol. The lowest BCUT2D eigenvalue weighted by molar-refractivity contribution is -0.143. The van der Waals surface area contributed by atoms with Crippen LogP contribution in [0.3, 0.4) is 0 Å². The van der Waals surface area contributed by atoms with Gasteiger partial charge in [-0.05, 0) is 36.4 Å². The first-order valence-corrected chi connectivity index (χ1v) is 9.15. The first-order valence-electron chi connectivity index (χ1n) is 7.79. The van der Waals surface area contributed by atoms with Crippen molar-refractivity contribution in [3.63, 3.8) is 0 Å². The van der Waals surface area contributed by atoms with Gasteiger partial charge in [-0.25, -0.2) is 9.18 Å². The number of esters is 1. The zero-order valence-corrected chi connectivity index (χ0v) is 15.4. The van der Waals surface area contributed by atoms with E-state index >= 15 is 0 Å². The largest absolute Gasteiger partial charge is 0.452 e. The molecule has 1 N–H and O–H groups in total. The Bertz CT molecular complexity index is 781. The Morgan fingerprint density at radius 2 is 1.88 bits per heavy atom. The molecule has 0 saturated carbocycles. The number of amides is 1. The van der Waals surface area contributed by atoms with Gasteiger partial charge in [0, 0.05) is 33.9 Å². The summed E-state index contributed by atoms with van der Waals surface area (Å²) in [6.45, 7) is 0.0563. The number of carbonyl (C=O) groups is 2. The van der Waals surface area contributed by atoms with E-state index in [4.69, 9.17) is 16.3 Å². The fourth-order valence-corrected chi connectivity index (χ4v) is 2.79. The van der Waals surface area contributed by atoms with Crippen LogP contribution < -0.4 is 5.32 Å². The Balaban J connectivity index is 1.62. The molecule has 0 aliphatic carbocycles. The molecule has 0 saturated heterocycles. The summed E-state index contributed by atoms with van der Waals surface area (Å²) in [5, 5.41) is 3.33. The van der Waals surface area contributed by atoms with Crippen molar-refractivity contribution in [2.24, 2.45) is 0 Å². The van der Waals surface area contributed by atoms with Gasteiger partial charge in [0.2, 0.25) is 0 Å². The molecule has 2 rings (SSSR count). The molecular weight excluding hydrogens is 377 g/mol. The Morgan fingerprint density at radius 3 is 2.62 bits per heavy atom. The van der Waals surface area contributed by atoms with Crippen LogP contribution in [0, 0.1) is 5.82 Å². The molecule has 0 atom stereocenters. The average molecular weight is 394 g/mol. The summed E-state index contributed by atoms with van der Waals surface area (Å²) >= 11 is 7.38. The molecule has 4 nitrogen and oxygen atoms in total.